The van der Waals surface area contributed by atoms with Crippen molar-refractivity contribution in [1.29, 1.82) is 0 Å². The van der Waals surface area contributed by atoms with Gasteiger partial charge in [0.05, 0.1) is 6.61 Å². The highest BCUT2D eigenvalue weighted by Gasteiger charge is 2.31. The van der Waals surface area contributed by atoms with Crippen molar-refractivity contribution in [1.82, 2.24) is 15.0 Å². The maximum Gasteiger partial charge on any atom is 0.323 e. The summed E-state index contributed by atoms with van der Waals surface area (Å²) in [6, 6.07) is 3.04. The molecule has 0 saturated heterocycles. The van der Waals surface area contributed by atoms with Gasteiger partial charge in [0.25, 0.3) is 0 Å². The van der Waals surface area contributed by atoms with Crippen LogP contribution < -0.4 is 15.0 Å². The second kappa shape index (κ2) is 6.26. The summed E-state index contributed by atoms with van der Waals surface area (Å²) in [5, 5.41) is 7.23. The Bertz CT molecular complexity index is 585. The molecule has 2 aromatic rings. The summed E-state index contributed by atoms with van der Waals surface area (Å²) in [6.45, 7) is 3.29. The normalized spacial score (nSPS) is 14.0. The smallest absolute Gasteiger partial charge is 0.323 e. The van der Waals surface area contributed by atoms with Crippen molar-refractivity contribution in [3.63, 3.8) is 0 Å². The molecule has 0 amide bonds. The van der Waals surface area contributed by atoms with Crippen LogP contribution in [0.4, 0.5) is 11.9 Å². The summed E-state index contributed by atoms with van der Waals surface area (Å²) in [6.07, 6.45) is 2.38. The van der Waals surface area contributed by atoms with Gasteiger partial charge in [-0.25, -0.2) is 0 Å². The zero-order chi connectivity index (χ0) is 14.7. The first-order chi connectivity index (χ1) is 10.3. The minimum absolute atomic E-state index is 0.378. The highest BCUT2D eigenvalue weighted by Crippen LogP contribution is 2.32. The van der Waals surface area contributed by atoms with E-state index in [4.69, 9.17) is 4.74 Å². The molecular formula is C14H19N5OS. The molecule has 0 spiro atoms. The predicted octanol–water partition coefficient (Wildman–Crippen LogP) is 2.54. The van der Waals surface area contributed by atoms with E-state index in [1.807, 2.05) is 6.92 Å². The van der Waals surface area contributed by atoms with Crippen molar-refractivity contribution in [2.75, 3.05) is 23.9 Å². The Morgan fingerprint density at radius 2 is 2.24 bits per heavy atom. The molecule has 1 aliphatic rings. The molecule has 3 rings (SSSR count). The third kappa shape index (κ3) is 3.41. The summed E-state index contributed by atoms with van der Waals surface area (Å²) in [7, 11) is 1.80. The Morgan fingerprint density at radius 3 is 2.86 bits per heavy atom. The summed E-state index contributed by atoms with van der Waals surface area (Å²) in [4.78, 5) is 15.4. The molecule has 2 heterocycles. The minimum Gasteiger partial charge on any atom is -0.464 e. The lowest BCUT2D eigenvalue weighted by Gasteiger charge is -2.22. The van der Waals surface area contributed by atoms with Crippen LogP contribution in [0, 0.1) is 0 Å². The molecule has 1 N–H and O–H groups in total. The van der Waals surface area contributed by atoms with Gasteiger partial charge in [-0.05, 0) is 42.2 Å². The Morgan fingerprint density at radius 1 is 1.38 bits per heavy atom. The van der Waals surface area contributed by atoms with Gasteiger partial charge in [0.15, 0.2) is 0 Å². The van der Waals surface area contributed by atoms with Crippen molar-refractivity contribution in [2.45, 2.75) is 32.4 Å². The first-order valence-corrected chi connectivity index (χ1v) is 8.08. The molecule has 0 aromatic carbocycles. The zero-order valence-electron chi connectivity index (χ0n) is 12.2. The second-order valence-corrected chi connectivity index (χ2v) is 5.70. The number of thiophene rings is 1. The van der Waals surface area contributed by atoms with E-state index < -0.39 is 0 Å². The van der Waals surface area contributed by atoms with Crippen LogP contribution in [0.5, 0.6) is 6.01 Å². The number of hydrogen-bond acceptors (Lipinski definition) is 7. The molecule has 6 nitrogen and oxygen atoms in total. The molecular weight excluding hydrogens is 286 g/mol. The summed E-state index contributed by atoms with van der Waals surface area (Å²) in [5.74, 6) is 1.23. The summed E-state index contributed by atoms with van der Waals surface area (Å²) < 4.78 is 5.45. The van der Waals surface area contributed by atoms with Crippen LogP contribution in [0.15, 0.2) is 16.8 Å². The molecule has 112 valence electrons. The lowest BCUT2D eigenvalue weighted by Crippen LogP contribution is -2.27. The maximum atomic E-state index is 5.45. The van der Waals surface area contributed by atoms with Crippen LogP contribution in [0.3, 0.4) is 0 Å². The fourth-order valence-corrected chi connectivity index (χ4v) is 2.77. The van der Waals surface area contributed by atoms with E-state index in [0.717, 1.165) is 6.54 Å². The Hall–Kier alpha value is -1.89. The van der Waals surface area contributed by atoms with Gasteiger partial charge in [0.2, 0.25) is 11.9 Å². The molecule has 0 atom stereocenters. The van der Waals surface area contributed by atoms with Crippen LogP contribution >= 0.6 is 11.3 Å². The Balaban J connectivity index is 1.88. The molecule has 0 aliphatic heterocycles. The third-order valence-electron chi connectivity index (χ3n) is 3.28. The summed E-state index contributed by atoms with van der Waals surface area (Å²) in [5.41, 5.74) is 1.29. The van der Waals surface area contributed by atoms with Crippen LogP contribution in [-0.2, 0) is 6.54 Å². The van der Waals surface area contributed by atoms with Crippen LogP contribution in [-0.4, -0.2) is 34.6 Å². The summed E-state index contributed by atoms with van der Waals surface area (Å²) >= 11 is 1.71. The number of anilines is 2. The van der Waals surface area contributed by atoms with Gasteiger partial charge < -0.3 is 15.0 Å². The van der Waals surface area contributed by atoms with Gasteiger partial charge >= 0.3 is 6.01 Å². The van der Waals surface area contributed by atoms with Crippen molar-refractivity contribution < 1.29 is 4.74 Å². The monoisotopic (exact) mass is 305 g/mol. The quantitative estimate of drug-likeness (QED) is 0.848. The van der Waals surface area contributed by atoms with E-state index in [1.165, 1.54) is 18.4 Å². The van der Waals surface area contributed by atoms with Crippen LogP contribution in [0.2, 0.25) is 0 Å². The highest BCUT2D eigenvalue weighted by molar-refractivity contribution is 7.07. The van der Waals surface area contributed by atoms with E-state index >= 15 is 0 Å². The largest absolute Gasteiger partial charge is 0.464 e. The molecule has 7 heteroatoms. The fourth-order valence-electron chi connectivity index (χ4n) is 2.11. The molecule has 1 aliphatic carbocycles. The van der Waals surface area contributed by atoms with E-state index in [9.17, 15) is 0 Å². The molecule has 1 fully saturated rings. The van der Waals surface area contributed by atoms with Crippen molar-refractivity contribution >= 4 is 23.2 Å². The Labute approximate surface area is 128 Å². The number of rotatable bonds is 7. The lowest BCUT2D eigenvalue weighted by molar-refractivity contribution is 0.312. The first kappa shape index (κ1) is 14.1. The molecule has 0 bridgehead atoms. The van der Waals surface area contributed by atoms with Gasteiger partial charge in [-0.15, -0.1) is 0 Å². The van der Waals surface area contributed by atoms with Gasteiger partial charge in [-0.3, -0.25) is 0 Å². The number of aromatic nitrogens is 3. The first-order valence-electron chi connectivity index (χ1n) is 7.14. The van der Waals surface area contributed by atoms with E-state index in [2.05, 4.69) is 42.0 Å². The second-order valence-electron chi connectivity index (χ2n) is 4.92. The van der Waals surface area contributed by atoms with Crippen LogP contribution in [0.25, 0.3) is 0 Å². The zero-order valence-corrected chi connectivity index (χ0v) is 13.1. The predicted molar refractivity (Wildman–Crippen MR) is 84.1 cm³/mol. The Kier molecular flexibility index (Phi) is 4.19. The molecule has 2 aromatic heterocycles. The number of nitrogens with one attached hydrogen (secondary N) is 1. The van der Waals surface area contributed by atoms with E-state index in [-0.39, 0.29) is 0 Å². The molecule has 0 unspecified atom stereocenters. The maximum absolute atomic E-state index is 5.45. The fraction of sp³-hybridized carbons (Fsp3) is 0.500. The average molecular weight is 305 g/mol. The SMILES string of the molecule is CCOc1nc(NC)nc(N(Cc2ccsc2)C2CC2)n1. The lowest BCUT2D eigenvalue weighted by atomic mass is 10.3. The van der Waals surface area contributed by atoms with Gasteiger partial charge in [-0.2, -0.15) is 26.3 Å². The number of nitrogens with zero attached hydrogens (tertiary/aromatic N) is 4. The number of ether oxygens (including phenoxy) is 1. The molecule has 21 heavy (non-hydrogen) atoms. The topological polar surface area (TPSA) is 63.2 Å². The highest BCUT2D eigenvalue weighted by atomic mass is 32.1. The van der Waals surface area contributed by atoms with Crippen molar-refractivity contribution in [3.8, 4) is 6.01 Å². The minimum atomic E-state index is 0.378. The van der Waals surface area contributed by atoms with Crippen LogP contribution in [0.1, 0.15) is 25.3 Å². The van der Waals surface area contributed by atoms with Crippen molar-refractivity contribution in [2.24, 2.45) is 0 Å². The van der Waals surface area contributed by atoms with E-state index in [1.54, 1.807) is 18.4 Å². The number of hydrogen-bond donors (Lipinski definition) is 1. The standard InChI is InChI=1S/C14H19N5OS/c1-3-20-14-17-12(15-2)16-13(18-14)19(11-4-5-11)8-10-6-7-21-9-10/h6-7,9,11H,3-5,8H2,1-2H3,(H,15,16,17,18). The van der Waals surface area contributed by atoms with E-state index in [0.29, 0.717) is 30.6 Å². The molecule has 1 saturated carbocycles. The molecule has 0 radical (unpaired) electrons. The average Bonchev–Trinajstić information content (AvgIpc) is 3.21. The van der Waals surface area contributed by atoms with Gasteiger partial charge in [-0.1, -0.05) is 0 Å². The van der Waals surface area contributed by atoms with Crippen molar-refractivity contribution in [3.05, 3.63) is 22.4 Å². The third-order valence-corrected chi connectivity index (χ3v) is 4.01. The van der Waals surface area contributed by atoms with Gasteiger partial charge in [0, 0.05) is 19.6 Å². The van der Waals surface area contributed by atoms with Gasteiger partial charge in [0.1, 0.15) is 0 Å².